The van der Waals surface area contributed by atoms with Crippen molar-refractivity contribution >= 4 is 72.0 Å². The van der Waals surface area contributed by atoms with Gasteiger partial charge >= 0.3 is 0 Å². The number of hydrogen-bond acceptors (Lipinski definition) is 5. The summed E-state index contributed by atoms with van der Waals surface area (Å²) in [5.41, 5.74) is 13.4. The molecule has 3 heterocycles. The van der Waals surface area contributed by atoms with Crippen LogP contribution in [0.25, 0.3) is 88.7 Å². The van der Waals surface area contributed by atoms with Gasteiger partial charge in [-0.15, -0.1) is 0 Å². The van der Waals surface area contributed by atoms with E-state index in [1.165, 1.54) is 16.7 Å². The van der Waals surface area contributed by atoms with Crippen molar-refractivity contribution in [2.45, 2.75) is 0 Å². The van der Waals surface area contributed by atoms with E-state index in [1.54, 1.807) is 0 Å². The number of fused-ring (bicyclic) bond motifs is 7. The molecule has 0 saturated heterocycles. The molecule has 5 nitrogen and oxygen atoms in total. The molecule has 3 aromatic heterocycles. The average molecular weight is 695 g/mol. The monoisotopic (exact) mass is 694 g/mol. The van der Waals surface area contributed by atoms with Gasteiger partial charge in [0.1, 0.15) is 27.8 Å². The van der Waals surface area contributed by atoms with Gasteiger partial charge in [-0.1, -0.05) is 103 Å². The zero-order chi connectivity index (χ0) is 35.6. The number of para-hydroxylation sites is 1. The molecule has 5 heteroatoms. The summed E-state index contributed by atoms with van der Waals surface area (Å²) in [4.78, 5) is 7.05. The van der Waals surface area contributed by atoms with Crippen LogP contribution >= 0.6 is 0 Å². The molecule has 11 rings (SSSR count). The second-order valence-corrected chi connectivity index (χ2v) is 13.6. The van der Waals surface area contributed by atoms with Crippen molar-refractivity contribution in [1.29, 1.82) is 0 Å². The highest BCUT2D eigenvalue weighted by atomic mass is 16.4. The van der Waals surface area contributed by atoms with Gasteiger partial charge in [-0.25, -0.2) is 4.98 Å². The van der Waals surface area contributed by atoms with E-state index in [4.69, 9.17) is 18.2 Å². The predicted molar refractivity (Wildman–Crippen MR) is 220 cm³/mol. The van der Waals surface area contributed by atoms with E-state index in [1.807, 2.05) is 60.7 Å². The molecule has 0 aliphatic rings. The first kappa shape index (κ1) is 30.3. The van der Waals surface area contributed by atoms with E-state index in [-0.39, 0.29) is 0 Å². The van der Waals surface area contributed by atoms with Crippen LogP contribution in [0.4, 0.5) is 17.1 Å². The Morgan fingerprint density at radius 1 is 0.333 bits per heavy atom. The maximum atomic E-state index is 6.41. The highest BCUT2D eigenvalue weighted by molar-refractivity contribution is 6.10. The van der Waals surface area contributed by atoms with Crippen LogP contribution in [-0.4, -0.2) is 4.98 Å². The predicted octanol–water partition coefficient (Wildman–Crippen LogP) is 14.1. The summed E-state index contributed by atoms with van der Waals surface area (Å²) in [5.74, 6) is 0.588. The molecule has 0 aliphatic carbocycles. The molecule has 0 amide bonds. The van der Waals surface area contributed by atoms with Gasteiger partial charge in [0.25, 0.3) is 0 Å². The molecule has 0 spiro atoms. The number of benzene rings is 8. The normalized spacial score (nSPS) is 11.7. The smallest absolute Gasteiger partial charge is 0.227 e. The Morgan fingerprint density at radius 3 is 1.67 bits per heavy atom. The highest BCUT2D eigenvalue weighted by Gasteiger charge is 2.19. The van der Waals surface area contributed by atoms with E-state index in [9.17, 15) is 0 Å². The molecule has 0 saturated carbocycles. The molecular formula is C49H30N2O3. The molecule has 11 aromatic rings. The second-order valence-electron chi connectivity index (χ2n) is 13.6. The van der Waals surface area contributed by atoms with Crippen molar-refractivity contribution in [3.8, 4) is 33.7 Å². The Kier molecular flexibility index (Phi) is 6.79. The molecule has 254 valence electrons. The fourth-order valence-electron chi connectivity index (χ4n) is 7.72. The summed E-state index contributed by atoms with van der Waals surface area (Å²) >= 11 is 0. The number of rotatable bonds is 6. The van der Waals surface area contributed by atoms with Crippen LogP contribution in [0.2, 0.25) is 0 Å². The van der Waals surface area contributed by atoms with Crippen LogP contribution < -0.4 is 4.90 Å². The molecule has 0 fully saturated rings. The van der Waals surface area contributed by atoms with Crippen LogP contribution in [0.3, 0.4) is 0 Å². The Bertz CT molecular complexity index is 3160. The van der Waals surface area contributed by atoms with Crippen molar-refractivity contribution in [2.75, 3.05) is 4.90 Å². The lowest BCUT2D eigenvalue weighted by molar-refractivity contribution is 0.620. The maximum Gasteiger partial charge on any atom is 0.227 e. The van der Waals surface area contributed by atoms with Gasteiger partial charge in [-0.3, -0.25) is 0 Å². The van der Waals surface area contributed by atoms with E-state index in [0.29, 0.717) is 11.5 Å². The molecule has 54 heavy (non-hydrogen) atoms. The first-order valence-electron chi connectivity index (χ1n) is 18.0. The third-order valence-corrected chi connectivity index (χ3v) is 10.3. The third-order valence-electron chi connectivity index (χ3n) is 10.3. The molecule has 0 N–H and O–H groups in total. The van der Waals surface area contributed by atoms with Gasteiger partial charge < -0.3 is 18.2 Å². The Morgan fingerprint density at radius 2 is 0.889 bits per heavy atom. The van der Waals surface area contributed by atoms with Crippen molar-refractivity contribution in [3.63, 3.8) is 0 Å². The average Bonchev–Trinajstić information content (AvgIpc) is 3.93. The highest BCUT2D eigenvalue weighted by Crippen LogP contribution is 2.43. The molecule has 8 aromatic carbocycles. The Balaban J connectivity index is 1.06. The van der Waals surface area contributed by atoms with Crippen molar-refractivity contribution < 1.29 is 13.3 Å². The summed E-state index contributed by atoms with van der Waals surface area (Å²) in [6.07, 6.45) is 0. The lowest BCUT2D eigenvalue weighted by atomic mass is 9.94. The van der Waals surface area contributed by atoms with Crippen LogP contribution in [0.5, 0.6) is 0 Å². The molecule has 0 unspecified atom stereocenters. The van der Waals surface area contributed by atoms with Crippen molar-refractivity contribution in [2.24, 2.45) is 0 Å². The quantitative estimate of drug-likeness (QED) is 0.173. The number of furan rings is 2. The van der Waals surface area contributed by atoms with E-state index < -0.39 is 0 Å². The largest absolute Gasteiger partial charge is 0.456 e. The standard InChI is InChI=1S/C49H30N2O3/c1-3-11-31(12-4-1)37-15-7-8-16-38(37)32-19-21-34(22-20-32)51(36-23-25-40-39-17-9-10-18-44(39)52-46(40)28-36)35-24-26-45-41(27-35)42-29-48-43(30-47(42)53-45)50-49(54-48)33-13-5-2-6-14-33/h1-30H. The summed E-state index contributed by atoms with van der Waals surface area (Å²) in [7, 11) is 0. The van der Waals surface area contributed by atoms with Crippen molar-refractivity contribution in [1.82, 2.24) is 4.98 Å². The fraction of sp³-hybridized carbons (Fsp3) is 0. The van der Waals surface area contributed by atoms with Gasteiger partial charge in [-0.05, 0) is 89.0 Å². The topological polar surface area (TPSA) is 55.6 Å². The lowest BCUT2D eigenvalue weighted by Crippen LogP contribution is -2.09. The first-order valence-corrected chi connectivity index (χ1v) is 18.0. The number of hydrogen-bond donors (Lipinski definition) is 0. The van der Waals surface area contributed by atoms with Gasteiger partial charge in [-0.2, -0.15) is 0 Å². The molecule has 0 bridgehead atoms. The second kappa shape index (κ2) is 12.1. The Labute approximate surface area is 309 Å². The molecule has 0 atom stereocenters. The minimum absolute atomic E-state index is 0.588. The first-order chi connectivity index (χ1) is 26.7. The summed E-state index contributed by atoms with van der Waals surface area (Å²) in [5, 5.41) is 4.15. The van der Waals surface area contributed by atoms with Crippen molar-refractivity contribution in [3.05, 3.63) is 182 Å². The van der Waals surface area contributed by atoms with E-state index in [0.717, 1.165) is 77.6 Å². The van der Waals surface area contributed by atoms with Crippen LogP contribution in [-0.2, 0) is 0 Å². The number of aromatic nitrogens is 1. The molecular weight excluding hydrogens is 665 g/mol. The fourth-order valence-corrected chi connectivity index (χ4v) is 7.72. The Hall–Kier alpha value is -7.37. The maximum absolute atomic E-state index is 6.41. The summed E-state index contributed by atoms with van der Waals surface area (Å²) < 4.78 is 19.1. The SMILES string of the molecule is c1ccc(-c2nc3cc4oc5ccc(N(c6ccc(-c7ccccc7-c7ccccc7)cc6)c6ccc7c(c6)oc6ccccc67)cc5c4cc3o2)cc1. The zero-order valence-electron chi connectivity index (χ0n) is 28.9. The third kappa shape index (κ3) is 4.98. The van der Waals surface area contributed by atoms with Crippen LogP contribution in [0, 0.1) is 0 Å². The zero-order valence-corrected chi connectivity index (χ0v) is 28.9. The van der Waals surface area contributed by atoms with Gasteiger partial charge in [0, 0.05) is 56.3 Å². The van der Waals surface area contributed by atoms with Gasteiger partial charge in [0.05, 0.1) is 0 Å². The molecule has 0 radical (unpaired) electrons. The van der Waals surface area contributed by atoms with Crippen LogP contribution in [0.1, 0.15) is 0 Å². The van der Waals surface area contributed by atoms with Gasteiger partial charge in [0.2, 0.25) is 5.89 Å². The summed E-state index contributed by atoms with van der Waals surface area (Å²) in [6, 6.07) is 62.9. The van der Waals surface area contributed by atoms with Gasteiger partial charge in [0.15, 0.2) is 5.58 Å². The summed E-state index contributed by atoms with van der Waals surface area (Å²) in [6.45, 7) is 0. The van der Waals surface area contributed by atoms with E-state index >= 15 is 0 Å². The van der Waals surface area contributed by atoms with E-state index in [2.05, 4.69) is 126 Å². The minimum Gasteiger partial charge on any atom is -0.456 e. The molecule has 0 aliphatic heterocycles. The van der Waals surface area contributed by atoms with Crippen LogP contribution in [0.15, 0.2) is 195 Å². The minimum atomic E-state index is 0.588. The number of oxazole rings is 1. The number of anilines is 3. The number of nitrogens with zero attached hydrogens (tertiary/aromatic N) is 2. The lowest BCUT2D eigenvalue weighted by Gasteiger charge is -2.26.